The number of phenols is 1. The highest BCUT2D eigenvalue weighted by Crippen LogP contribution is 2.35. The van der Waals surface area contributed by atoms with Crippen LogP contribution in [0.2, 0.25) is 0 Å². The number of aromatic hydroxyl groups is 1. The third kappa shape index (κ3) is 5.08. The molecule has 162 valence electrons. The Balaban J connectivity index is 2.32. The largest absolute Gasteiger partial charge is 0.507 e. The lowest BCUT2D eigenvalue weighted by atomic mass is 10.1. The third-order valence-electron chi connectivity index (χ3n) is 4.09. The summed E-state index contributed by atoms with van der Waals surface area (Å²) in [5.74, 6) is -1.60. The fourth-order valence-electron chi connectivity index (χ4n) is 2.64. The van der Waals surface area contributed by atoms with Gasteiger partial charge in [0, 0.05) is 25.8 Å². The topological polar surface area (TPSA) is 122 Å². The smallest absolute Gasteiger partial charge is 0.397 e. The van der Waals surface area contributed by atoms with Crippen molar-refractivity contribution in [3.63, 3.8) is 0 Å². The highest BCUT2D eigenvalue weighted by molar-refractivity contribution is 7.89. The van der Waals surface area contributed by atoms with Gasteiger partial charge in [-0.15, -0.1) is 0 Å². The van der Waals surface area contributed by atoms with Crippen molar-refractivity contribution in [2.45, 2.75) is 25.7 Å². The molecule has 10 heteroatoms. The maximum Gasteiger partial charge on any atom is 0.397 e. The minimum absolute atomic E-state index is 0.0925. The number of rotatable bonds is 6. The van der Waals surface area contributed by atoms with Crippen LogP contribution in [-0.4, -0.2) is 50.4 Å². The van der Waals surface area contributed by atoms with Crippen molar-refractivity contribution in [3.05, 3.63) is 41.5 Å². The zero-order valence-electron chi connectivity index (χ0n) is 17.3. The van der Waals surface area contributed by atoms with Gasteiger partial charge in [-0.05, 0) is 56.2 Å². The molecule has 0 saturated carbocycles. The molecule has 0 fully saturated rings. The molecule has 0 heterocycles. The normalized spacial score (nSPS) is 11.3. The van der Waals surface area contributed by atoms with Crippen molar-refractivity contribution in [2.24, 2.45) is 0 Å². The number of nitrogens with zero attached hydrogens (tertiary/aromatic N) is 1. The molecule has 9 nitrogen and oxygen atoms in total. The molecule has 2 aromatic rings. The van der Waals surface area contributed by atoms with E-state index >= 15 is 0 Å². The standard InChI is InChI=1S/C20H24N2O7S/c1-6-28-20(25)19(24)21-14-9-12(2)18(13(3)10-14)29-15-7-8-16(23)17(11-15)30(26,27)22(4)5/h7-11,23H,6H2,1-5H3,(H,21,24). The number of carbonyl (C=O) groups excluding carboxylic acids is 2. The molecule has 0 aromatic heterocycles. The summed E-state index contributed by atoms with van der Waals surface area (Å²) in [4.78, 5) is 23.0. The second-order valence-electron chi connectivity index (χ2n) is 6.63. The van der Waals surface area contributed by atoms with Crippen LogP contribution in [-0.2, 0) is 24.3 Å². The van der Waals surface area contributed by atoms with Crippen molar-refractivity contribution in [1.29, 1.82) is 0 Å². The van der Waals surface area contributed by atoms with Crippen LogP contribution in [0.4, 0.5) is 5.69 Å². The molecule has 2 rings (SSSR count). The van der Waals surface area contributed by atoms with Gasteiger partial charge in [-0.3, -0.25) is 4.79 Å². The van der Waals surface area contributed by atoms with Gasteiger partial charge in [0.2, 0.25) is 10.0 Å². The Morgan fingerprint density at radius 2 is 1.70 bits per heavy atom. The van der Waals surface area contributed by atoms with Crippen LogP contribution >= 0.6 is 0 Å². The molecule has 0 saturated heterocycles. The highest BCUT2D eigenvalue weighted by Gasteiger charge is 2.23. The minimum Gasteiger partial charge on any atom is -0.507 e. The van der Waals surface area contributed by atoms with E-state index in [1.54, 1.807) is 32.9 Å². The number of hydrogen-bond acceptors (Lipinski definition) is 7. The van der Waals surface area contributed by atoms with Gasteiger partial charge in [0.15, 0.2) is 0 Å². The van der Waals surface area contributed by atoms with Crippen LogP contribution in [0.15, 0.2) is 35.2 Å². The predicted molar refractivity (Wildman–Crippen MR) is 110 cm³/mol. The van der Waals surface area contributed by atoms with Crippen molar-refractivity contribution >= 4 is 27.6 Å². The first kappa shape index (κ1) is 23.2. The first-order valence-corrected chi connectivity index (χ1v) is 10.4. The van der Waals surface area contributed by atoms with E-state index in [0.717, 1.165) is 4.31 Å². The van der Waals surface area contributed by atoms with Gasteiger partial charge < -0.3 is 19.9 Å². The summed E-state index contributed by atoms with van der Waals surface area (Å²) in [5, 5.41) is 12.4. The Hall–Kier alpha value is -3.11. The van der Waals surface area contributed by atoms with Crippen molar-refractivity contribution in [1.82, 2.24) is 4.31 Å². The van der Waals surface area contributed by atoms with Crippen LogP contribution in [0.25, 0.3) is 0 Å². The summed E-state index contributed by atoms with van der Waals surface area (Å²) in [6.45, 7) is 5.17. The van der Waals surface area contributed by atoms with E-state index in [-0.39, 0.29) is 23.0 Å². The summed E-state index contributed by atoms with van der Waals surface area (Å²) in [6.07, 6.45) is 0. The Morgan fingerprint density at radius 1 is 1.10 bits per heavy atom. The zero-order valence-corrected chi connectivity index (χ0v) is 18.2. The number of anilines is 1. The number of esters is 1. The van der Waals surface area contributed by atoms with Gasteiger partial charge in [-0.2, -0.15) is 0 Å². The lowest BCUT2D eigenvalue weighted by molar-refractivity contribution is -0.152. The van der Waals surface area contributed by atoms with Gasteiger partial charge in [0.25, 0.3) is 0 Å². The van der Waals surface area contributed by atoms with Crippen LogP contribution < -0.4 is 10.1 Å². The quantitative estimate of drug-likeness (QED) is 0.527. The summed E-state index contributed by atoms with van der Waals surface area (Å²) in [6, 6.07) is 7.14. The average molecular weight is 436 g/mol. The molecule has 0 radical (unpaired) electrons. The molecule has 2 N–H and O–H groups in total. The van der Waals surface area contributed by atoms with E-state index in [4.69, 9.17) is 4.74 Å². The third-order valence-corrected chi connectivity index (χ3v) is 5.93. The monoisotopic (exact) mass is 436 g/mol. The number of sulfonamides is 1. The Bertz CT molecular complexity index is 1060. The van der Waals surface area contributed by atoms with Crippen LogP contribution in [0.3, 0.4) is 0 Å². The molecule has 0 aliphatic carbocycles. The van der Waals surface area contributed by atoms with E-state index < -0.39 is 21.9 Å². The fraction of sp³-hybridized carbons (Fsp3) is 0.300. The number of nitrogens with one attached hydrogen (secondary N) is 1. The first-order valence-electron chi connectivity index (χ1n) is 9.00. The minimum atomic E-state index is -3.86. The van der Waals surface area contributed by atoms with Crippen molar-refractivity contribution in [2.75, 3.05) is 26.0 Å². The van der Waals surface area contributed by atoms with E-state index in [0.29, 0.717) is 22.6 Å². The van der Waals surface area contributed by atoms with Crippen molar-refractivity contribution in [3.8, 4) is 17.2 Å². The van der Waals surface area contributed by atoms with Gasteiger partial charge in [0.1, 0.15) is 22.1 Å². The second-order valence-corrected chi connectivity index (χ2v) is 8.75. The van der Waals surface area contributed by atoms with Crippen LogP contribution in [0.5, 0.6) is 17.2 Å². The molecule has 0 bridgehead atoms. The molecule has 0 aliphatic heterocycles. The van der Waals surface area contributed by atoms with Crippen LogP contribution in [0.1, 0.15) is 18.1 Å². The number of amides is 1. The Morgan fingerprint density at radius 3 is 2.23 bits per heavy atom. The maximum absolute atomic E-state index is 12.4. The van der Waals surface area contributed by atoms with Gasteiger partial charge in [-0.25, -0.2) is 17.5 Å². The lowest BCUT2D eigenvalue weighted by Crippen LogP contribution is -2.25. The molecule has 30 heavy (non-hydrogen) atoms. The summed E-state index contributed by atoms with van der Waals surface area (Å²) < 4.78 is 36.2. The maximum atomic E-state index is 12.4. The molecule has 1 amide bonds. The Labute approximate surface area is 175 Å². The average Bonchev–Trinajstić information content (AvgIpc) is 2.65. The number of hydrogen-bond donors (Lipinski definition) is 2. The van der Waals surface area contributed by atoms with Crippen molar-refractivity contribution < 1.29 is 32.6 Å². The fourth-order valence-corrected chi connectivity index (χ4v) is 3.63. The van der Waals surface area contributed by atoms with Gasteiger partial charge in [0.05, 0.1) is 6.61 Å². The van der Waals surface area contributed by atoms with E-state index in [9.17, 15) is 23.1 Å². The number of benzene rings is 2. The second kappa shape index (κ2) is 9.14. The molecule has 2 aromatic carbocycles. The molecule has 0 atom stereocenters. The van der Waals surface area contributed by atoms with E-state index in [1.807, 2.05) is 0 Å². The number of aryl methyl sites for hydroxylation is 2. The predicted octanol–water partition coefficient (Wildman–Crippen LogP) is 2.55. The van der Waals surface area contributed by atoms with Gasteiger partial charge in [-0.1, -0.05) is 0 Å². The molecule has 0 aliphatic rings. The molecular weight excluding hydrogens is 412 g/mol. The van der Waals surface area contributed by atoms with E-state index in [2.05, 4.69) is 10.1 Å². The Kier molecular flexibility index (Phi) is 7.06. The number of ether oxygens (including phenoxy) is 2. The van der Waals surface area contributed by atoms with Gasteiger partial charge >= 0.3 is 11.9 Å². The SMILES string of the molecule is CCOC(=O)C(=O)Nc1cc(C)c(Oc2ccc(O)c(S(=O)(=O)N(C)C)c2)c(C)c1. The lowest BCUT2D eigenvalue weighted by Gasteiger charge is -2.16. The molecule has 0 spiro atoms. The van der Waals surface area contributed by atoms with Crippen LogP contribution in [0, 0.1) is 13.8 Å². The van der Waals surface area contributed by atoms with E-state index in [1.165, 1.54) is 32.3 Å². The number of carbonyl (C=O) groups is 2. The number of phenolic OH excluding ortho intramolecular Hbond substituents is 1. The summed E-state index contributed by atoms with van der Waals surface area (Å²) in [5.41, 5.74) is 1.66. The zero-order chi connectivity index (χ0) is 22.6. The summed E-state index contributed by atoms with van der Waals surface area (Å²) >= 11 is 0. The first-order chi connectivity index (χ1) is 14.0. The molecular formula is C20H24N2O7S. The molecule has 0 unspecified atom stereocenters. The highest BCUT2D eigenvalue weighted by atomic mass is 32.2. The summed E-state index contributed by atoms with van der Waals surface area (Å²) in [7, 11) is -1.14.